The van der Waals surface area contributed by atoms with Crippen LogP contribution < -0.4 is 4.74 Å². The summed E-state index contributed by atoms with van der Waals surface area (Å²) >= 11 is 0. The molecule has 3 heteroatoms. The second-order valence-electron chi connectivity index (χ2n) is 6.48. The van der Waals surface area contributed by atoms with Gasteiger partial charge in [-0.3, -0.25) is 0 Å². The van der Waals surface area contributed by atoms with Crippen LogP contribution >= 0.6 is 12.4 Å². The van der Waals surface area contributed by atoms with Crippen molar-refractivity contribution in [1.82, 2.24) is 4.90 Å². The van der Waals surface area contributed by atoms with Gasteiger partial charge in [0.15, 0.2) is 0 Å². The van der Waals surface area contributed by atoms with Crippen LogP contribution in [-0.4, -0.2) is 25.5 Å². The lowest BCUT2D eigenvalue weighted by atomic mass is 9.81. The first-order valence-corrected chi connectivity index (χ1v) is 8.17. The molecule has 0 aliphatic carbocycles. The predicted octanol–water partition coefficient (Wildman–Crippen LogP) is 4.67. The first kappa shape index (κ1) is 17.8. The molecule has 1 unspecified atom stereocenters. The normalized spacial score (nSPS) is 19.6. The molecule has 1 heterocycles. The van der Waals surface area contributed by atoms with Gasteiger partial charge in [0.1, 0.15) is 11.4 Å². The van der Waals surface area contributed by atoms with E-state index in [4.69, 9.17) is 4.74 Å². The van der Waals surface area contributed by atoms with E-state index in [1.807, 2.05) is 0 Å². The van der Waals surface area contributed by atoms with E-state index in [-0.39, 0.29) is 18.0 Å². The highest BCUT2D eigenvalue weighted by atomic mass is 35.5. The third-order valence-corrected chi connectivity index (χ3v) is 4.56. The summed E-state index contributed by atoms with van der Waals surface area (Å²) in [6.45, 7) is 1.10. The predicted molar refractivity (Wildman–Crippen MR) is 98.5 cm³/mol. The van der Waals surface area contributed by atoms with Crippen molar-refractivity contribution in [2.24, 2.45) is 0 Å². The van der Waals surface area contributed by atoms with Crippen molar-refractivity contribution >= 4 is 12.4 Å². The van der Waals surface area contributed by atoms with Gasteiger partial charge in [-0.05, 0) is 63.5 Å². The summed E-state index contributed by atoms with van der Waals surface area (Å²) in [4.78, 5) is 2.25. The van der Waals surface area contributed by atoms with Crippen molar-refractivity contribution < 1.29 is 4.74 Å². The Morgan fingerprint density at radius 3 is 2.43 bits per heavy atom. The minimum atomic E-state index is -0.175. The highest BCUT2D eigenvalue weighted by Crippen LogP contribution is 2.42. The molecular weight excluding hydrogens is 306 g/mol. The average molecular weight is 332 g/mol. The van der Waals surface area contributed by atoms with Crippen molar-refractivity contribution in [2.45, 2.75) is 31.3 Å². The summed E-state index contributed by atoms with van der Waals surface area (Å²) in [5.41, 5.74) is 2.47. The van der Waals surface area contributed by atoms with Crippen LogP contribution in [0.5, 0.6) is 5.75 Å². The van der Waals surface area contributed by atoms with Crippen molar-refractivity contribution in [3.8, 4) is 5.75 Å². The van der Waals surface area contributed by atoms with Gasteiger partial charge in [0.05, 0.1) is 0 Å². The Morgan fingerprint density at radius 1 is 1.00 bits per heavy atom. The summed E-state index contributed by atoms with van der Waals surface area (Å²) in [5, 5.41) is 0. The molecule has 23 heavy (non-hydrogen) atoms. The molecule has 3 rings (SSSR count). The Hall–Kier alpha value is -1.51. The lowest BCUT2D eigenvalue weighted by Crippen LogP contribution is -2.37. The molecule has 2 aromatic rings. The van der Waals surface area contributed by atoms with E-state index in [2.05, 4.69) is 73.6 Å². The van der Waals surface area contributed by atoms with Crippen LogP contribution in [0.1, 0.15) is 30.4 Å². The van der Waals surface area contributed by atoms with Crippen LogP contribution in [0.15, 0.2) is 54.6 Å². The Kier molecular flexibility index (Phi) is 6.09. The van der Waals surface area contributed by atoms with Gasteiger partial charge < -0.3 is 9.64 Å². The van der Waals surface area contributed by atoms with Crippen LogP contribution in [0.2, 0.25) is 0 Å². The number of rotatable bonds is 5. The maximum absolute atomic E-state index is 6.57. The van der Waals surface area contributed by atoms with Crippen molar-refractivity contribution in [3.05, 3.63) is 65.7 Å². The smallest absolute Gasteiger partial charge is 0.134 e. The summed E-state index contributed by atoms with van der Waals surface area (Å²) in [6, 6.07) is 19.2. The third-order valence-electron chi connectivity index (χ3n) is 4.56. The molecule has 0 N–H and O–H groups in total. The van der Waals surface area contributed by atoms with E-state index in [0.29, 0.717) is 0 Å². The molecule has 1 atom stereocenters. The molecular formula is C20H26ClNO. The number of nitrogens with zero attached hydrogens (tertiary/aromatic N) is 1. The standard InChI is InChI=1S/C20H25NO.ClH/c1-21(2)16-8-14-20(18-10-4-3-5-11-18)15-13-17-9-6-7-12-19(17)22-20;/h3-7,9-12H,8,13-16H2,1-2H3;1H. The number of para-hydroxylation sites is 1. The van der Waals surface area contributed by atoms with E-state index in [0.717, 1.165) is 38.0 Å². The Bertz CT molecular complexity index is 614. The lowest BCUT2D eigenvalue weighted by Gasteiger charge is -2.39. The topological polar surface area (TPSA) is 12.5 Å². The van der Waals surface area contributed by atoms with Crippen LogP contribution in [0.3, 0.4) is 0 Å². The first-order valence-electron chi connectivity index (χ1n) is 8.17. The molecule has 1 aliphatic heterocycles. The van der Waals surface area contributed by atoms with Crippen LogP contribution in [0.4, 0.5) is 0 Å². The molecule has 1 aliphatic rings. The van der Waals surface area contributed by atoms with Gasteiger partial charge in [-0.15, -0.1) is 12.4 Å². The molecule has 0 radical (unpaired) electrons. The Morgan fingerprint density at radius 2 is 1.70 bits per heavy atom. The third kappa shape index (κ3) is 4.07. The maximum atomic E-state index is 6.57. The zero-order chi connectivity index (χ0) is 15.4. The molecule has 0 saturated carbocycles. The van der Waals surface area contributed by atoms with Crippen LogP contribution in [0, 0.1) is 0 Å². The van der Waals surface area contributed by atoms with E-state index in [1.165, 1.54) is 11.1 Å². The van der Waals surface area contributed by atoms with Gasteiger partial charge in [0.25, 0.3) is 0 Å². The van der Waals surface area contributed by atoms with Gasteiger partial charge in [-0.25, -0.2) is 0 Å². The lowest BCUT2D eigenvalue weighted by molar-refractivity contribution is 0.0301. The van der Waals surface area contributed by atoms with Gasteiger partial charge in [0.2, 0.25) is 0 Å². The second kappa shape index (κ2) is 7.85. The molecule has 124 valence electrons. The maximum Gasteiger partial charge on any atom is 0.134 e. The second-order valence-corrected chi connectivity index (χ2v) is 6.48. The SMILES string of the molecule is CN(C)CCCC1(c2ccccc2)CCc2ccccc2O1.Cl. The summed E-state index contributed by atoms with van der Waals surface area (Å²) in [7, 11) is 4.26. The zero-order valence-electron chi connectivity index (χ0n) is 14.0. The fourth-order valence-corrected chi connectivity index (χ4v) is 3.35. The van der Waals surface area contributed by atoms with E-state index < -0.39 is 0 Å². The van der Waals surface area contributed by atoms with Gasteiger partial charge in [-0.1, -0.05) is 48.5 Å². The molecule has 0 amide bonds. The largest absolute Gasteiger partial charge is 0.482 e. The number of halogens is 1. The summed E-state index contributed by atoms with van der Waals surface area (Å²) in [6.07, 6.45) is 4.35. The van der Waals surface area contributed by atoms with Gasteiger partial charge in [0, 0.05) is 0 Å². The van der Waals surface area contributed by atoms with E-state index >= 15 is 0 Å². The molecule has 2 aromatic carbocycles. The monoisotopic (exact) mass is 331 g/mol. The highest BCUT2D eigenvalue weighted by Gasteiger charge is 2.37. The van der Waals surface area contributed by atoms with Crippen LogP contribution in [-0.2, 0) is 12.0 Å². The average Bonchev–Trinajstić information content (AvgIpc) is 2.55. The number of benzene rings is 2. The van der Waals surface area contributed by atoms with Crippen molar-refractivity contribution in [3.63, 3.8) is 0 Å². The number of aryl methyl sites for hydroxylation is 1. The quantitative estimate of drug-likeness (QED) is 0.789. The Labute approximate surface area is 145 Å². The molecule has 0 bridgehead atoms. The minimum Gasteiger partial charge on any atom is -0.482 e. The summed E-state index contributed by atoms with van der Waals surface area (Å²) < 4.78 is 6.57. The molecule has 2 nitrogen and oxygen atoms in total. The fraction of sp³-hybridized carbons (Fsp3) is 0.400. The Balaban J connectivity index is 0.00000192. The fourth-order valence-electron chi connectivity index (χ4n) is 3.35. The number of hydrogen-bond acceptors (Lipinski definition) is 2. The molecule has 0 aromatic heterocycles. The summed E-state index contributed by atoms with van der Waals surface area (Å²) in [5.74, 6) is 1.06. The van der Waals surface area contributed by atoms with E-state index in [9.17, 15) is 0 Å². The number of fused-ring (bicyclic) bond motifs is 1. The van der Waals surface area contributed by atoms with Crippen LogP contribution in [0.25, 0.3) is 0 Å². The zero-order valence-corrected chi connectivity index (χ0v) is 14.8. The van der Waals surface area contributed by atoms with Crippen molar-refractivity contribution in [1.29, 1.82) is 0 Å². The number of ether oxygens (including phenoxy) is 1. The van der Waals surface area contributed by atoms with E-state index in [1.54, 1.807) is 0 Å². The first-order chi connectivity index (χ1) is 10.7. The van der Waals surface area contributed by atoms with Gasteiger partial charge in [-0.2, -0.15) is 0 Å². The number of hydrogen-bond donors (Lipinski definition) is 0. The molecule has 0 fully saturated rings. The van der Waals surface area contributed by atoms with Crippen molar-refractivity contribution in [2.75, 3.05) is 20.6 Å². The molecule has 0 spiro atoms. The molecule has 0 saturated heterocycles. The minimum absolute atomic E-state index is 0. The highest BCUT2D eigenvalue weighted by molar-refractivity contribution is 5.85. The van der Waals surface area contributed by atoms with Gasteiger partial charge >= 0.3 is 0 Å².